The summed E-state index contributed by atoms with van der Waals surface area (Å²) < 4.78 is 14.1. The van der Waals surface area contributed by atoms with Gasteiger partial charge < -0.3 is 4.98 Å². The number of hydrogen-bond acceptors (Lipinski definition) is 4. The Morgan fingerprint density at radius 3 is 3.11 bits per heavy atom. The standard InChI is InChI=1S/C13H8FN5/c14-13-6-16-11(19-12(13)17-7-18-13)9-2-1-3-10-8(9)4-5-15-10/h1-7,15H. The fourth-order valence-electron chi connectivity index (χ4n) is 2.20. The fourth-order valence-corrected chi connectivity index (χ4v) is 2.20. The summed E-state index contributed by atoms with van der Waals surface area (Å²) >= 11 is 0. The maximum absolute atomic E-state index is 14.1. The van der Waals surface area contributed by atoms with Gasteiger partial charge in [-0.25, -0.2) is 24.4 Å². The van der Waals surface area contributed by atoms with Crippen LogP contribution in [0.4, 0.5) is 4.39 Å². The van der Waals surface area contributed by atoms with Crippen molar-refractivity contribution in [2.75, 3.05) is 0 Å². The number of nitrogens with one attached hydrogen (secondary N) is 1. The molecule has 4 rings (SSSR count). The first-order chi connectivity index (χ1) is 9.26. The van der Waals surface area contributed by atoms with Crippen LogP contribution >= 0.6 is 0 Å². The van der Waals surface area contributed by atoms with E-state index in [0.29, 0.717) is 5.84 Å². The van der Waals surface area contributed by atoms with Crippen LogP contribution in [0.1, 0.15) is 5.56 Å². The number of benzene rings is 1. The van der Waals surface area contributed by atoms with Crippen molar-refractivity contribution in [2.24, 2.45) is 20.0 Å². The third-order valence-electron chi connectivity index (χ3n) is 3.14. The van der Waals surface area contributed by atoms with E-state index < -0.39 is 5.79 Å². The van der Waals surface area contributed by atoms with Gasteiger partial charge in [-0.05, 0) is 12.1 Å². The van der Waals surface area contributed by atoms with Crippen LogP contribution in [0.5, 0.6) is 0 Å². The van der Waals surface area contributed by atoms with Crippen LogP contribution in [-0.4, -0.2) is 35.0 Å². The number of hydrogen-bond donors (Lipinski definition) is 1. The van der Waals surface area contributed by atoms with Crippen LogP contribution in [0, 0.1) is 0 Å². The third kappa shape index (κ3) is 1.40. The molecule has 6 heteroatoms. The minimum Gasteiger partial charge on any atom is -0.361 e. The summed E-state index contributed by atoms with van der Waals surface area (Å²) in [7, 11) is 0. The van der Waals surface area contributed by atoms with Gasteiger partial charge >= 0.3 is 0 Å². The van der Waals surface area contributed by atoms with Crippen molar-refractivity contribution in [3.05, 3.63) is 36.0 Å². The zero-order chi connectivity index (χ0) is 12.9. The summed E-state index contributed by atoms with van der Waals surface area (Å²) in [5, 5.41) is 0.990. The Hall–Kier alpha value is -2.63. The quantitative estimate of drug-likeness (QED) is 0.756. The maximum Gasteiger partial charge on any atom is 0.297 e. The summed E-state index contributed by atoms with van der Waals surface area (Å²) in [5.74, 6) is -1.51. The Kier molecular flexibility index (Phi) is 1.87. The number of fused-ring (bicyclic) bond motifs is 2. The summed E-state index contributed by atoms with van der Waals surface area (Å²) in [6, 6.07) is 7.69. The van der Waals surface area contributed by atoms with Gasteiger partial charge in [-0.2, -0.15) is 0 Å². The normalized spacial score (nSPS) is 24.5. The van der Waals surface area contributed by atoms with Crippen LogP contribution in [0.15, 0.2) is 50.4 Å². The molecule has 0 saturated carbocycles. The summed E-state index contributed by atoms with van der Waals surface area (Å²) in [6.07, 6.45) is 4.16. The van der Waals surface area contributed by atoms with Crippen molar-refractivity contribution in [1.82, 2.24) is 4.98 Å². The predicted molar refractivity (Wildman–Crippen MR) is 73.1 cm³/mol. The molecule has 2 aliphatic rings. The average Bonchev–Trinajstić information content (AvgIpc) is 3.02. The fraction of sp³-hybridized carbons (Fsp3) is 0.0769. The van der Waals surface area contributed by atoms with Gasteiger partial charge in [-0.15, -0.1) is 0 Å². The highest BCUT2D eigenvalue weighted by Gasteiger charge is 2.39. The lowest BCUT2D eigenvalue weighted by molar-refractivity contribution is 0.375. The number of aromatic amines is 1. The Bertz CT molecular complexity index is 798. The second-order valence-electron chi connectivity index (χ2n) is 4.31. The molecule has 1 aromatic carbocycles. The van der Waals surface area contributed by atoms with Gasteiger partial charge in [-0.3, -0.25) is 0 Å². The van der Waals surface area contributed by atoms with Crippen LogP contribution in [0.2, 0.25) is 0 Å². The Morgan fingerprint density at radius 2 is 2.16 bits per heavy atom. The van der Waals surface area contributed by atoms with Crippen LogP contribution in [0.25, 0.3) is 10.9 Å². The van der Waals surface area contributed by atoms with E-state index in [0.717, 1.165) is 22.7 Å². The summed E-state index contributed by atoms with van der Waals surface area (Å²) in [6.45, 7) is 0. The molecule has 92 valence electrons. The van der Waals surface area contributed by atoms with Gasteiger partial charge in [0.25, 0.3) is 5.79 Å². The highest BCUT2D eigenvalue weighted by molar-refractivity contribution is 6.25. The molecule has 0 bridgehead atoms. The number of halogens is 1. The number of amidine groups is 2. The first kappa shape index (κ1) is 10.3. The molecule has 0 saturated heterocycles. The zero-order valence-corrected chi connectivity index (χ0v) is 9.71. The molecule has 0 aliphatic carbocycles. The second kappa shape index (κ2) is 3.44. The molecule has 2 aliphatic heterocycles. The van der Waals surface area contributed by atoms with Crippen molar-refractivity contribution in [1.29, 1.82) is 0 Å². The maximum atomic E-state index is 14.1. The number of aromatic nitrogens is 1. The van der Waals surface area contributed by atoms with E-state index in [1.54, 1.807) is 0 Å². The SMILES string of the molecule is FC12C=NC(c3cccc4[nH]ccc34)=NC1=NC=N2. The van der Waals surface area contributed by atoms with Crippen LogP contribution in [0.3, 0.4) is 0 Å². The molecule has 0 amide bonds. The lowest BCUT2D eigenvalue weighted by Gasteiger charge is -2.16. The van der Waals surface area contributed by atoms with Crippen molar-refractivity contribution < 1.29 is 4.39 Å². The van der Waals surface area contributed by atoms with Gasteiger partial charge in [0.15, 0.2) is 11.7 Å². The minimum absolute atomic E-state index is 0.0324. The smallest absolute Gasteiger partial charge is 0.297 e. The first-order valence-corrected chi connectivity index (χ1v) is 5.77. The van der Waals surface area contributed by atoms with Crippen molar-refractivity contribution in [2.45, 2.75) is 5.79 Å². The topological polar surface area (TPSA) is 65.2 Å². The van der Waals surface area contributed by atoms with Crippen LogP contribution < -0.4 is 0 Å². The van der Waals surface area contributed by atoms with E-state index in [9.17, 15) is 4.39 Å². The van der Waals surface area contributed by atoms with Gasteiger partial charge in [0.05, 0.1) is 6.21 Å². The van der Waals surface area contributed by atoms with Crippen LogP contribution in [-0.2, 0) is 0 Å². The second-order valence-corrected chi connectivity index (χ2v) is 4.31. The molecule has 2 aromatic rings. The van der Waals surface area contributed by atoms with Gasteiger partial charge in [0, 0.05) is 22.7 Å². The molecule has 3 heterocycles. The monoisotopic (exact) mass is 253 g/mol. The van der Waals surface area contributed by atoms with E-state index in [4.69, 9.17) is 0 Å². The molecular weight excluding hydrogens is 245 g/mol. The molecule has 0 radical (unpaired) electrons. The lowest BCUT2D eigenvalue weighted by atomic mass is 10.1. The van der Waals surface area contributed by atoms with Crippen molar-refractivity contribution in [3.8, 4) is 0 Å². The molecule has 1 N–H and O–H groups in total. The average molecular weight is 253 g/mol. The Morgan fingerprint density at radius 1 is 1.21 bits per heavy atom. The van der Waals surface area contributed by atoms with Gasteiger partial charge in [-0.1, -0.05) is 12.1 Å². The van der Waals surface area contributed by atoms with Crippen molar-refractivity contribution in [3.63, 3.8) is 0 Å². The highest BCUT2D eigenvalue weighted by Crippen LogP contribution is 2.25. The van der Waals surface area contributed by atoms with Gasteiger partial charge in [0.1, 0.15) is 6.34 Å². The van der Waals surface area contributed by atoms with E-state index in [1.807, 2.05) is 30.5 Å². The molecule has 0 fully saturated rings. The molecule has 5 nitrogen and oxygen atoms in total. The number of aliphatic imine (C=N–C) groups is 4. The molecular formula is C13H8FN5. The molecule has 1 unspecified atom stereocenters. The predicted octanol–water partition coefficient (Wildman–Crippen LogP) is 2.11. The third-order valence-corrected chi connectivity index (χ3v) is 3.14. The number of alkyl halides is 1. The Balaban J connectivity index is 1.89. The highest BCUT2D eigenvalue weighted by atomic mass is 19.1. The number of nitrogens with zero attached hydrogens (tertiary/aromatic N) is 4. The lowest BCUT2D eigenvalue weighted by Crippen LogP contribution is -2.33. The van der Waals surface area contributed by atoms with E-state index in [1.165, 1.54) is 6.34 Å². The zero-order valence-electron chi connectivity index (χ0n) is 9.71. The van der Waals surface area contributed by atoms with E-state index in [2.05, 4.69) is 25.0 Å². The van der Waals surface area contributed by atoms with Gasteiger partial charge in [0.2, 0.25) is 0 Å². The minimum atomic E-state index is -1.99. The van der Waals surface area contributed by atoms with E-state index >= 15 is 0 Å². The largest absolute Gasteiger partial charge is 0.361 e. The Labute approximate surface area is 107 Å². The van der Waals surface area contributed by atoms with E-state index in [-0.39, 0.29) is 5.84 Å². The molecule has 19 heavy (non-hydrogen) atoms. The summed E-state index contributed by atoms with van der Waals surface area (Å²) in [5.41, 5.74) is 1.82. The molecule has 0 spiro atoms. The molecule has 1 atom stereocenters. The molecule has 1 aromatic heterocycles. The number of rotatable bonds is 1. The summed E-state index contributed by atoms with van der Waals surface area (Å²) in [4.78, 5) is 18.8. The van der Waals surface area contributed by atoms with Crippen molar-refractivity contribution >= 4 is 35.1 Å². The first-order valence-electron chi connectivity index (χ1n) is 5.77. The number of H-pyrrole nitrogens is 1.